The molecule has 1 fully saturated rings. The van der Waals surface area contributed by atoms with E-state index in [2.05, 4.69) is 17.6 Å². The molecule has 1 aliphatic rings. The summed E-state index contributed by atoms with van der Waals surface area (Å²) in [5, 5.41) is 6.30. The molecule has 1 aromatic rings. The third-order valence-corrected chi connectivity index (χ3v) is 4.01. The van der Waals surface area contributed by atoms with Crippen LogP contribution < -0.4 is 15.4 Å². The van der Waals surface area contributed by atoms with E-state index in [1.165, 1.54) is 12.1 Å². The molecule has 1 saturated heterocycles. The second-order valence-electron chi connectivity index (χ2n) is 5.69. The van der Waals surface area contributed by atoms with Crippen LogP contribution in [0.15, 0.2) is 18.2 Å². The van der Waals surface area contributed by atoms with E-state index in [4.69, 9.17) is 4.74 Å². The summed E-state index contributed by atoms with van der Waals surface area (Å²) in [4.78, 5) is 12.3. The summed E-state index contributed by atoms with van der Waals surface area (Å²) in [5.74, 6) is 0.302. The quantitative estimate of drug-likeness (QED) is 0.896. The molecule has 0 bridgehead atoms. The number of hydrogen-bond donors (Lipinski definition) is 2. The molecule has 1 aliphatic heterocycles. The highest BCUT2D eigenvalue weighted by Crippen LogP contribution is 2.26. The SMILES string of the molecule is COc1ccc(F)cc1C(C)NC(=O)[C@H]1CCN[C@@H](C)C1. The second kappa shape index (κ2) is 6.89. The van der Waals surface area contributed by atoms with Crippen molar-refractivity contribution in [3.05, 3.63) is 29.6 Å². The molecule has 0 aliphatic carbocycles. The van der Waals surface area contributed by atoms with Crippen molar-refractivity contribution in [1.82, 2.24) is 10.6 Å². The number of carbonyl (C=O) groups excluding carboxylic acids is 1. The largest absolute Gasteiger partial charge is 0.496 e. The number of halogens is 1. The molecule has 0 saturated carbocycles. The van der Waals surface area contributed by atoms with E-state index >= 15 is 0 Å². The van der Waals surface area contributed by atoms with Crippen molar-refractivity contribution < 1.29 is 13.9 Å². The van der Waals surface area contributed by atoms with Crippen molar-refractivity contribution in [1.29, 1.82) is 0 Å². The van der Waals surface area contributed by atoms with Gasteiger partial charge in [-0.3, -0.25) is 4.79 Å². The van der Waals surface area contributed by atoms with E-state index in [0.717, 1.165) is 19.4 Å². The molecule has 0 aromatic heterocycles. The third-order valence-electron chi connectivity index (χ3n) is 4.01. The molecule has 1 amide bonds. The van der Waals surface area contributed by atoms with Gasteiger partial charge < -0.3 is 15.4 Å². The van der Waals surface area contributed by atoms with Crippen LogP contribution >= 0.6 is 0 Å². The Morgan fingerprint density at radius 2 is 2.29 bits per heavy atom. The standard InChI is InChI=1S/C16H23FN2O2/c1-10-8-12(6-7-18-10)16(20)19-11(2)14-9-13(17)4-5-15(14)21-3/h4-5,9-12,18H,6-8H2,1-3H3,(H,19,20)/t10-,11?,12-/m0/s1. The van der Waals surface area contributed by atoms with Crippen LogP contribution in [0, 0.1) is 11.7 Å². The molecule has 0 radical (unpaired) electrons. The molecule has 5 heteroatoms. The molecular formula is C16H23FN2O2. The van der Waals surface area contributed by atoms with Crippen molar-refractivity contribution in [2.24, 2.45) is 5.92 Å². The first kappa shape index (κ1) is 15.8. The maximum atomic E-state index is 13.4. The van der Waals surface area contributed by atoms with Gasteiger partial charge in [-0.1, -0.05) is 0 Å². The Morgan fingerprint density at radius 1 is 1.52 bits per heavy atom. The minimum absolute atomic E-state index is 0.0169. The van der Waals surface area contributed by atoms with Gasteiger partial charge >= 0.3 is 0 Å². The van der Waals surface area contributed by atoms with Gasteiger partial charge in [-0.2, -0.15) is 0 Å². The lowest BCUT2D eigenvalue weighted by Crippen LogP contribution is -2.43. The van der Waals surface area contributed by atoms with E-state index in [9.17, 15) is 9.18 Å². The molecule has 0 spiro atoms. The molecule has 3 atom stereocenters. The van der Waals surface area contributed by atoms with Crippen molar-refractivity contribution >= 4 is 5.91 Å². The first-order valence-corrected chi connectivity index (χ1v) is 7.38. The van der Waals surface area contributed by atoms with Crippen LogP contribution in [0.3, 0.4) is 0 Å². The van der Waals surface area contributed by atoms with E-state index in [1.807, 2.05) is 6.92 Å². The number of methoxy groups -OCH3 is 1. The van der Waals surface area contributed by atoms with Crippen LogP contribution in [0.2, 0.25) is 0 Å². The van der Waals surface area contributed by atoms with Gasteiger partial charge in [0.25, 0.3) is 0 Å². The number of piperidine rings is 1. The minimum Gasteiger partial charge on any atom is -0.496 e. The summed E-state index contributed by atoms with van der Waals surface area (Å²) >= 11 is 0. The summed E-state index contributed by atoms with van der Waals surface area (Å²) in [7, 11) is 1.54. The molecule has 116 valence electrons. The van der Waals surface area contributed by atoms with Crippen LogP contribution in [0.1, 0.15) is 38.3 Å². The van der Waals surface area contributed by atoms with Crippen LogP contribution in [-0.2, 0) is 4.79 Å². The number of benzene rings is 1. The number of hydrogen-bond acceptors (Lipinski definition) is 3. The fraction of sp³-hybridized carbons (Fsp3) is 0.562. The number of nitrogens with one attached hydrogen (secondary N) is 2. The Kier molecular flexibility index (Phi) is 5.17. The highest BCUT2D eigenvalue weighted by atomic mass is 19.1. The lowest BCUT2D eigenvalue weighted by Gasteiger charge is -2.28. The normalized spacial score (nSPS) is 23.4. The molecule has 4 nitrogen and oxygen atoms in total. The Balaban J connectivity index is 2.05. The van der Waals surface area contributed by atoms with E-state index in [0.29, 0.717) is 17.4 Å². The zero-order chi connectivity index (χ0) is 15.4. The molecular weight excluding hydrogens is 271 g/mol. The van der Waals surface area contributed by atoms with Gasteiger partial charge in [-0.15, -0.1) is 0 Å². The number of ether oxygens (including phenoxy) is 1. The van der Waals surface area contributed by atoms with Crippen LogP contribution in [-0.4, -0.2) is 25.6 Å². The Hall–Kier alpha value is -1.62. The van der Waals surface area contributed by atoms with E-state index < -0.39 is 0 Å². The highest BCUT2D eigenvalue weighted by Gasteiger charge is 2.26. The topological polar surface area (TPSA) is 50.4 Å². The van der Waals surface area contributed by atoms with Gasteiger partial charge in [0, 0.05) is 17.5 Å². The maximum absolute atomic E-state index is 13.4. The summed E-state index contributed by atoms with van der Waals surface area (Å²) < 4.78 is 18.6. The monoisotopic (exact) mass is 294 g/mol. The van der Waals surface area contributed by atoms with E-state index in [-0.39, 0.29) is 23.7 Å². The summed E-state index contributed by atoms with van der Waals surface area (Å²) in [6.45, 7) is 4.79. The van der Waals surface area contributed by atoms with Gasteiger partial charge in [0.15, 0.2) is 0 Å². The van der Waals surface area contributed by atoms with Crippen molar-refractivity contribution in [2.45, 2.75) is 38.8 Å². The Bertz CT molecular complexity index is 507. The molecule has 1 unspecified atom stereocenters. The average Bonchev–Trinajstić information content (AvgIpc) is 2.47. The predicted molar refractivity (Wildman–Crippen MR) is 79.7 cm³/mol. The van der Waals surface area contributed by atoms with Crippen molar-refractivity contribution in [3.8, 4) is 5.75 Å². The van der Waals surface area contributed by atoms with E-state index in [1.54, 1.807) is 13.2 Å². The fourth-order valence-electron chi connectivity index (χ4n) is 2.82. The lowest BCUT2D eigenvalue weighted by molar-refractivity contribution is -0.126. The zero-order valence-electron chi connectivity index (χ0n) is 12.8. The molecule has 2 N–H and O–H groups in total. The van der Waals surface area contributed by atoms with Crippen molar-refractivity contribution in [2.75, 3.05) is 13.7 Å². The fourth-order valence-corrected chi connectivity index (χ4v) is 2.82. The van der Waals surface area contributed by atoms with Gasteiger partial charge in [0.05, 0.1) is 13.2 Å². The zero-order valence-corrected chi connectivity index (χ0v) is 12.8. The molecule has 1 aromatic carbocycles. The minimum atomic E-state index is -0.331. The first-order valence-electron chi connectivity index (χ1n) is 7.38. The first-order chi connectivity index (χ1) is 10.0. The third kappa shape index (κ3) is 3.94. The summed E-state index contributed by atoms with van der Waals surface area (Å²) in [5.41, 5.74) is 0.660. The van der Waals surface area contributed by atoms with Gasteiger partial charge in [-0.25, -0.2) is 4.39 Å². The summed E-state index contributed by atoms with van der Waals surface area (Å²) in [6, 6.07) is 4.42. The number of amides is 1. The van der Waals surface area contributed by atoms with Crippen LogP contribution in [0.25, 0.3) is 0 Å². The van der Waals surface area contributed by atoms with Crippen LogP contribution in [0.4, 0.5) is 4.39 Å². The molecule has 21 heavy (non-hydrogen) atoms. The van der Waals surface area contributed by atoms with Gasteiger partial charge in [0.2, 0.25) is 5.91 Å². The van der Waals surface area contributed by atoms with Crippen molar-refractivity contribution in [3.63, 3.8) is 0 Å². The van der Waals surface area contributed by atoms with Crippen LogP contribution in [0.5, 0.6) is 5.75 Å². The predicted octanol–water partition coefficient (Wildman–Crippen LogP) is 2.40. The number of carbonyl (C=O) groups is 1. The Labute approximate surface area is 125 Å². The smallest absolute Gasteiger partial charge is 0.223 e. The lowest BCUT2D eigenvalue weighted by atomic mass is 9.92. The number of rotatable bonds is 4. The highest BCUT2D eigenvalue weighted by molar-refractivity contribution is 5.79. The van der Waals surface area contributed by atoms with Gasteiger partial charge in [0.1, 0.15) is 11.6 Å². The molecule has 1 heterocycles. The maximum Gasteiger partial charge on any atom is 0.223 e. The van der Waals surface area contributed by atoms with Gasteiger partial charge in [-0.05, 0) is 51.4 Å². The Morgan fingerprint density at radius 3 is 2.95 bits per heavy atom. The second-order valence-corrected chi connectivity index (χ2v) is 5.69. The average molecular weight is 294 g/mol. The summed E-state index contributed by atoms with van der Waals surface area (Å²) in [6.07, 6.45) is 1.67. The molecule has 2 rings (SSSR count).